The van der Waals surface area contributed by atoms with Crippen molar-refractivity contribution in [1.29, 1.82) is 0 Å². The number of hydrogen-bond acceptors (Lipinski definition) is 5. The number of aromatic amines is 1. The van der Waals surface area contributed by atoms with E-state index in [9.17, 15) is 14.4 Å². The second-order valence-corrected chi connectivity index (χ2v) is 8.75. The van der Waals surface area contributed by atoms with Crippen LogP contribution in [0.1, 0.15) is 66.0 Å². The quantitative estimate of drug-likeness (QED) is 0.672. The average molecular weight is 438 g/mol. The minimum absolute atomic E-state index is 0.0142. The van der Waals surface area contributed by atoms with Gasteiger partial charge in [-0.25, -0.2) is 4.98 Å². The second-order valence-electron chi connectivity index (χ2n) is 8.75. The summed E-state index contributed by atoms with van der Waals surface area (Å²) in [4.78, 5) is 47.0. The molecule has 0 spiro atoms. The van der Waals surface area contributed by atoms with Gasteiger partial charge in [-0.15, -0.1) is 0 Å². The number of nitrogens with zero attached hydrogens (tertiary/aromatic N) is 2. The van der Waals surface area contributed by atoms with Crippen LogP contribution >= 0.6 is 0 Å². The van der Waals surface area contributed by atoms with Crippen LogP contribution in [0.4, 0.5) is 0 Å². The standard InChI is InChI=1S/C25H31N3O4/c1-32-19-11-9-17(10-12-19)24(30)18-13-15-28(16-14-18)23(29)8-4-7-22-26-21-6-3-2-5-20(21)25(31)27-22/h9-12,18H,2-8,13-16H2,1H3,(H,26,27,31). The van der Waals surface area contributed by atoms with Gasteiger partial charge >= 0.3 is 0 Å². The zero-order valence-electron chi connectivity index (χ0n) is 18.7. The van der Waals surface area contributed by atoms with Crippen molar-refractivity contribution in [2.24, 2.45) is 5.92 Å². The summed E-state index contributed by atoms with van der Waals surface area (Å²) in [5.74, 6) is 1.63. The van der Waals surface area contributed by atoms with Gasteiger partial charge in [0.15, 0.2) is 5.78 Å². The molecule has 1 saturated heterocycles. The molecule has 170 valence electrons. The average Bonchev–Trinajstić information content (AvgIpc) is 2.84. The number of fused-ring (bicyclic) bond motifs is 1. The SMILES string of the molecule is COc1ccc(C(=O)C2CCN(C(=O)CCCc3nc4c(c(=O)[nH]3)CCCC4)CC2)cc1. The van der Waals surface area contributed by atoms with E-state index in [1.165, 1.54) is 0 Å². The van der Waals surface area contributed by atoms with Gasteiger partial charge in [0.2, 0.25) is 5.91 Å². The number of carbonyl (C=O) groups excluding carboxylic acids is 2. The van der Waals surface area contributed by atoms with Crippen LogP contribution in [0.25, 0.3) is 0 Å². The van der Waals surface area contributed by atoms with Crippen LogP contribution in [0.5, 0.6) is 5.75 Å². The first-order valence-corrected chi connectivity index (χ1v) is 11.6. The number of hydrogen-bond donors (Lipinski definition) is 1. The van der Waals surface area contributed by atoms with Gasteiger partial charge in [-0.2, -0.15) is 0 Å². The van der Waals surface area contributed by atoms with Crippen molar-refractivity contribution in [3.8, 4) is 5.75 Å². The van der Waals surface area contributed by atoms with Crippen molar-refractivity contribution in [2.75, 3.05) is 20.2 Å². The van der Waals surface area contributed by atoms with E-state index in [1.807, 2.05) is 4.90 Å². The zero-order chi connectivity index (χ0) is 22.5. The van der Waals surface area contributed by atoms with E-state index in [0.717, 1.165) is 42.7 Å². The Bertz CT molecular complexity index is 1020. The van der Waals surface area contributed by atoms with Crippen molar-refractivity contribution < 1.29 is 14.3 Å². The number of benzene rings is 1. The number of methoxy groups -OCH3 is 1. The first kappa shape index (κ1) is 22.2. The van der Waals surface area contributed by atoms with E-state index in [2.05, 4.69) is 9.97 Å². The van der Waals surface area contributed by atoms with E-state index >= 15 is 0 Å². The van der Waals surface area contributed by atoms with Crippen molar-refractivity contribution in [3.63, 3.8) is 0 Å². The third-order valence-electron chi connectivity index (χ3n) is 6.64. The van der Waals surface area contributed by atoms with Crippen molar-refractivity contribution in [1.82, 2.24) is 14.9 Å². The summed E-state index contributed by atoms with van der Waals surface area (Å²) in [5, 5.41) is 0. The fourth-order valence-electron chi connectivity index (χ4n) is 4.72. The van der Waals surface area contributed by atoms with Crippen LogP contribution in [0.2, 0.25) is 0 Å². The molecule has 0 saturated carbocycles. The summed E-state index contributed by atoms with van der Waals surface area (Å²) in [6, 6.07) is 7.21. The molecule has 1 amide bonds. The van der Waals surface area contributed by atoms with Crippen LogP contribution < -0.4 is 10.3 Å². The number of likely N-dealkylation sites (tertiary alicyclic amines) is 1. The van der Waals surface area contributed by atoms with Gasteiger partial charge in [0, 0.05) is 43.0 Å². The molecule has 0 unspecified atom stereocenters. The summed E-state index contributed by atoms with van der Waals surface area (Å²) in [6.07, 6.45) is 6.88. The second kappa shape index (κ2) is 10.1. The van der Waals surface area contributed by atoms with Crippen LogP contribution in [0.15, 0.2) is 29.1 Å². The normalized spacial score (nSPS) is 16.5. The van der Waals surface area contributed by atoms with Crippen molar-refractivity contribution >= 4 is 11.7 Å². The molecule has 2 aromatic rings. The Balaban J connectivity index is 1.24. The molecule has 4 rings (SSSR count). The van der Waals surface area contributed by atoms with E-state index in [4.69, 9.17) is 4.74 Å². The Morgan fingerprint density at radius 1 is 1.12 bits per heavy atom. The third kappa shape index (κ3) is 5.09. The summed E-state index contributed by atoms with van der Waals surface area (Å²) >= 11 is 0. The molecule has 7 heteroatoms. The molecule has 0 atom stereocenters. The molecule has 1 aliphatic carbocycles. The van der Waals surface area contributed by atoms with Gasteiger partial charge in [0.25, 0.3) is 5.56 Å². The highest BCUT2D eigenvalue weighted by molar-refractivity contribution is 5.98. The molecule has 32 heavy (non-hydrogen) atoms. The molecular weight excluding hydrogens is 406 g/mol. The summed E-state index contributed by atoms with van der Waals surface area (Å²) in [7, 11) is 1.60. The molecule has 1 aromatic carbocycles. The number of Topliss-reactive ketones (excluding diaryl/α,β-unsaturated/α-hetero) is 1. The number of piperidine rings is 1. The molecule has 1 fully saturated rings. The van der Waals surface area contributed by atoms with Gasteiger partial charge in [0.05, 0.1) is 12.8 Å². The number of rotatable bonds is 7. The highest BCUT2D eigenvalue weighted by Crippen LogP contribution is 2.24. The zero-order valence-corrected chi connectivity index (χ0v) is 18.7. The molecule has 0 radical (unpaired) electrons. The molecule has 1 aliphatic heterocycles. The predicted octanol–water partition coefficient (Wildman–Crippen LogP) is 3.10. The fraction of sp³-hybridized carbons (Fsp3) is 0.520. The summed E-state index contributed by atoms with van der Waals surface area (Å²) in [6.45, 7) is 1.22. The molecule has 1 N–H and O–H groups in total. The Morgan fingerprint density at radius 3 is 2.56 bits per heavy atom. The van der Waals surface area contributed by atoms with E-state index < -0.39 is 0 Å². The number of aryl methyl sites for hydroxylation is 2. The lowest BCUT2D eigenvalue weighted by Gasteiger charge is -2.31. The molecule has 2 heterocycles. The molecular formula is C25H31N3O4. The van der Waals surface area contributed by atoms with Crippen molar-refractivity contribution in [2.45, 2.75) is 57.8 Å². The lowest BCUT2D eigenvalue weighted by molar-refractivity contribution is -0.132. The minimum atomic E-state index is -0.0442. The largest absolute Gasteiger partial charge is 0.497 e. The number of aromatic nitrogens is 2. The number of amides is 1. The van der Waals surface area contributed by atoms with Crippen LogP contribution in [0.3, 0.4) is 0 Å². The first-order chi connectivity index (χ1) is 15.5. The highest BCUT2D eigenvalue weighted by atomic mass is 16.5. The number of H-pyrrole nitrogens is 1. The monoisotopic (exact) mass is 437 g/mol. The Hall–Kier alpha value is -2.96. The summed E-state index contributed by atoms with van der Waals surface area (Å²) < 4.78 is 5.15. The Kier molecular flexibility index (Phi) is 7.02. The lowest BCUT2D eigenvalue weighted by Crippen LogP contribution is -2.40. The van der Waals surface area contributed by atoms with Gasteiger partial charge in [-0.3, -0.25) is 14.4 Å². The van der Waals surface area contributed by atoms with Gasteiger partial charge in [-0.05, 0) is 69.2 Å². The van der Waals surface area contributed by atoms with Crippen LogP contribution in [-0.4, -0.2) is 46.8 Å². The number of nitrogens with one attached hydrogen (secondary N) is 1. The Morgan fingerprint density at radius 2 is 1.84 bits per heavy atom. The lowest BCUT2D eigenvalue weighted by atomic mass is 9.88. The van der Waals surface area contributed by atoms with E-state index in [-0.39, 0.29) is 23.2 Å². The molecule has 0 bridgehead atoms. The fourth-order valence-corrected chi connectivity index (χ4v) is 4.72. The van der Waals surface area contributed by atoms with Crippen molar-refractivity contribution in [3.05, 3.63) is 57.3 Å². The first-order valence-electron chi connectivity index (χ1n) is 11.6. The maximum absolute atomic E-state index is 12.8. The molecule has 2 aliphatic rings. The summed E-state index contributed by atoms with van der Waals surface area (Å²) in [5.41, 5.74) is 2.45. The number of ether oxygens (including phenoxy) is 1. The van der Waals surface area contributed by atoms with Gasteiger partial charge in [-0.1, -0.05) is 0 Å². The number of carbonyl (C=O) groups is 2. The highest BCUT2D eigenvalue weighted by Gasteiger charge is 2.27. The van der Waals surface area contributed by atoms with Gasteiger partial charge in [0.1, 0.15) is 11.6 Å². The van der Waals surface area contributed by atoms with Gasteiger partial charge < -0.3 is 14.6 Å². The smallest absolute Gasteiger partial charge is 0.254 e. The predicted molar refractivity (Wildman–Crippen MR) is 121 cm³/mol. The van der Waals surface area contributed by atoms with Crippen LogP contribution in [-0.2, 0) is 24.1 Å². The molecule has 7 nitrogen and oxygen atoms in total. The third-order valence-corrected chi connectivity index (χ3v) is 6.64. The maximum Gasteiger partial charge on any atom is 0.254 e. The minimum Gasteiger partial charge on any atom is -0.497 e. The molecule has 1 aromatic heterocycles. The maximum atomic E-state index is 12.8. The Labute approximate surface area is 188 Å². The van der Waals surface area contributed by atoms with E-state index in [1.54, 1.807) is 31.4 Å². The number of ketones is 1. The topological polar surface area (TPSA) is 92.4 Å². The van der Waals surface area contributed by atoms with Crippen LogP contribution in [0, 0.1) is 5.92 Å². The van der Waals surface area contributed by atoms with E-state index in [0.29, 0.717) is 56.6 Å².